The van der Waals surface area contributed by atoms with Crippen LogP contribution in [0.15, 0.2) is 30.5 Å². The molecule has 4 heterocycles. The summed E-state index contributed by atoms with van der Waals surface area (Å²) in [5, 5.41) is 3.87. The number of nitrogens with zero attached hydrogens (tertiary/aromatic N) is 2. The van der Waals surface area contributed by atoms with Gasteiger partial charge in [-0.25, -0.2) is 0 Å². The predicted octanol–water partition coefficient (Wildman–Crippen LogP) is 2.77. The Morgan fingerprint density at radius 1 is 1.25 bits per heavy atom. The van der Waals surface area contributed by atoms with Gasteiger partial charge in [-0.2, -0.15) is 0 Å². The summed E-state index contributed by atoms with van der Waals surface area (Å²) < 4.78 is 7.25. The molecule has 5 rings (SSSR count). The quantitative estimate of drug-likeness (QED) is 0.597. The van der Waals surface area contributed by atoms with E-state index in [4.69, 9.17) is 22.1 Å². The molecule has 0 spiro atoms. The number of rotatable bonds is 5. The third-order valence-electron chi connectivity index (χ3n) is 5.87. The summed E-state index contributed by atoms with van der Waals surface area (Å²) in [5.41, 5.74) is 8.92. The van der Waals surface area contributed by atoms with Crippen molar-refractivity contribution in [3.05, 3.63) is 45.9 Å². The van der Waals surface area contributed by atoms with E-state index >= 15 is 0 Å². The van der Waals surface area contributed by atoms with Crippen molar-refractivity contribution < 1.29 is 14.3 Å². The lowest BCUT2D eigenvalue weighted by Gasteiger charge is -2.29. The van der Waals surface area contributed by atoms with Gasteiger partial charge in [-0.15, -0.1) is 11.3 Å². The summed E-state index contributed by atoms with van der Waals surface area (Å²) in [4.78, 5) is 31.6. The number of pyridine rings is 1. The molecule has 166 valence electrons. The number of aromatic nitrogens is 1. The fourth-order valence-corrected chi connectivity index (χ4v) is 5.70. The number of amides is 2. The second-order valence-corrected chi connectivity index (χ2v) is 9.65. The molecule has 3 N–H and O–H groups in total. The Morgan fingerprint density at radius 3 is 2.84 bits per heavy atom. The number of hydrogen-bond donors (Lipinski definition) is 2. The summed E-state index contributed by atoms with van der Waals surface area (Å²) >= 11 is 8.06. The van der Waals surface area contributed by atoms with Crippen LogP contribution in [0.25, 0.3) is 21.3 Å². The Balaban J connectivity index is 1.49. The summed E-state index contributed by atoms with van der Waals surface area (Å²) in [6.07, 6.45) is 2.61. The number of piperazine rings is 1. The van der Waals surface area contributed by atoms with Gasteiger partial charge in [-0.1, -0.05) is 11.6 Å². The summed E-state index contributed by atoms with van der Waals surface area (Å²) in [5.74, 6) is 0.411. The molecular formula is C23H23ClN4O3S. The van der Waals surface area contributed by atoms with E-state index in [9.17, 15) is 9.59 Å². The van der Waals surface area contributed by atoms with Crippen LogP contribution in [0, 0.1) is 0 Å². The van der Waals surface area contributed by atoms with Gasteiger partial charge < -0.3 is 20.7 Å². The van der Waals surface area contributed by atoms with E-state index in [2.05, 4.69) is 10.3 Å². The molecule has 7 nitrogen and oxygen atoms in total. The SMILES string of the molecule is NC(=O)CCc1cc2nccc(-c3cc(Cl)cc4c3O[C@@H](C(=O)N3CCNCC3)C4)c2s1. The molecule has 9 heteroatoms. The van der Waals surface area contributed by atoms with Crippen LogP contribution in [-0.2, 0) is 22.4 Å². The number of ether oxygens (including phenoxy) is 1. The molecule has 0 radical (unpaired) electrons. The molecule has 1 fully saturated rings. The Labute approximate surface area is 194 Å². The Bertz CT molecular complexity index is 1210. The number of aryl methyl sites for hydroxylation is 1. The van der Waals surface area contributed by atoms with Gasteiger partial charge in [-0.3, -0.25) is 14.6 Å². The summed E-state index contributed by atoms with van der Waals surface area (Å²) in [6, 6.07) is 7.71. The highest BCUT2D eigenvalue weighted by molar-refractivity contribution is 7.19. The van der Waals surface area contributed by atoms with Crippen molar-refractivity contribution in [2.75, 3.05) is 26.2 Å². The highest BCUT2D eigenvalue weighted by atomic mass is 35.5. The zero-order valence-electron chi connectivity index (χ0n) is 17.4. The van der Waals surface area contributed by atoms with Crippen LogP contribution >= 0.6 is 22.9 Å². The molecule has 32 heavy (non-hydrogen) atoms. The number of carbonyl (C=O) groups excluding carboxylic acids is 2. The molecule has 2 aliphatic heterocycles. The number of benzene rings is 1. The molecule has 0 unspecified atom stereocenters. The Morgan fingerprint density at radius 2 is 2.06 bits per heavy atom. The topological polar surface area (TPSA) is 97.5 Å². The standard InChI is InChI=1S/C23H23ClN4O3S/c24-14-9-13-10-19(23(30)28-7-5-26-6-8-28)31-21(13)17(11-14)16-3-4-27-18-12-15(32-22(16)18)1-2-20(25)29/h3-4,9,11-12,19,26H,1-2,5-8,10H2,(H2,25,29)/t19-/m1/s1. The van der Waals surface area contributed by atoms with Crippen LogP contribution in [0.5, 0.6) is 5.75 Å². The molecule has 1 atom stereocenters. The van der Waals surface area contributed by atoms with Crippen molar-refractivity contribution in [2.45, 2.75) is 25.4 Å². The van der Waals surface area contributed by atoms with Crippen molar-refractivity contribution in [1.29, 1.82) is 0 Å². The number of thiophene rings is 1. The van der Waals surface area contributed by atoms with Crippen LogP contribution in [0.2, 0.25) is 5.02 Å². The van der Waals surface area contributed by atoms with Gasteiger partial charge >= 0.3 is 0 Å². The Hall–Kier alpha value is -2.68. The fraction of sp³-hybridized carbons (Fsp3) is 0.348. The molecular weight excluding hydrogens is 448 g/mol. The largest absolute Gasteiger partial charge is 0.479 e. The van der Waals surface area contributed by atoms with Gasteiger partial charge in [0.15, 0.2) is 6.10 Å². The van der Waals surface area contributed by atoms with Crippen LogP contribution in [0.4, 0.5) is 0 Å². The number of fused-ring (bicyclic) bond motifs is 2. The minimum Gasteiger partial charge on any atom is -0.479 e. The second kappa shape index (κ2) is 8.69. The first-order chi connectivity index (χ1) is 15.5. The molecule has 2 aliphatic rings. The summed E-state index contributed by atoms with van der Waals surface area (Å²) in [7, 11) is 0. The van der Waals surface area contributed by atoms with Gasteiger partial charge in [0.1, 0.15) is 5.75 Å². The lowest BCUT2D eigenvalue weighted by Crippen LogP contribution is -2.50. The number of primary amides is 1. The first-order valence-corrected chi connectivity index (χ1v) is 11.8. The average molecular weight is 471 g/mol. The maximum atomic E-state index is 13.0. The van der Waals surface area contributed by atoms with E-state index in [-0.39, 0.29) is 11.8 Å². The van der Waals surface area contributed by atoms with E-state index < -0.39 is 6.10 Å². The van der Waals surface area contributed by atoms with Crippen LogP contribution in [0.3, 0.4) is 0 Å². The molecule has 0 bridgehead atoms. The van der Waals surface area contributed by atoms with Crippen molar-refractivity contribution in [3.63, 3.8) is 0 Å². The minimum absolute atomic E-state index is 0.0227. The zero-order chi connectivity index (χ0) is 22.2. The van der Waals surface area contributed by atoms with Crippen molar-refractivity contribution >= 4 is 45.0 Å². The normalized spacial score (nSPS) is 17.9. The lowest BCUT2D eigenvalue weighted by molar-refractivity contribution is -0.138. The average Bonchev–Trinajstić information content (AvgIpc) is 3.41. The number of hydrogen-bond acceptors (Lipinski definition) is 6. The second-order valence-electron chi connectivity index (χ2n) is 8.08. The molecule has 0 saturated carbocycles. The fourth-order valence-electron chi connectivity index (χ4n) is 4.32. The molecule has 2 aromatic heterocycles. The van der Waals surface area contributed by atoms with E-state index in [0.29, 0.717) is 43.1 Å². The van der Waals surface area contributed by atoms with E-state index in [1.807, 2.05) is 29.2 Å². The van der Waals surface area contributed by atoms with E-state index in [0.717, 1.165) is 44.9 Å². The number of nitrogens with one attached hydrogen (secondary N) is 1. The van der Waals surface area contributed by atoms with Crippen LogP contribution in [-0.4, -0.2) is 54.0 Å². The van der Waals surface area contributed by atoms with Gasteiger partial charge in [0, 0.05) is 71.8 Å². The van der Waals surface area contributed by atoms with Crippen molar-refractivity contribution in [3.8, 4) is 16.9 Å². The molecule has 0 aliphatic carbocycles. The highest BCUT2D eigenvalue weighted by Crippen LogP contribution is 2.44. The van der Waals surface area contributed by atoms with E-state index in [1.54, 1.807) is 17.5 Å². The first-order valence-electron chi connectivity index (χ1n) is 10.6. The number of carbonyl (C=O) groups is 2. The third-order valence-corrected chi connectivity index (χ3v) is 7.31. The van der Waals surface area contributed by atoms with Crippen LogP contribution in [0.1, 0.15) is 16.9 Å². The predicted molar refractivity (Wildman–Crippen MR) is 125 cm³/mol. The summed E-state index contributed by atoms with van der Waals surface area (Å²) in [6.45, 7) is 2.98. The first kappa shape index (κ1) is 21.2. The highest BCUT2D eigenvalue weighted by Gasteiger charge is 2.35. The molecule has 2 amide bonds. The molecule has 3 aromatic rings. The van der Waals surface area contributed by atoms with E-state index in [1.165, 1.54) is 0 Å². The van der Waals surface area contributed by atoms with Crippen molar-refractivity contribution in [2.24, 2.45) is 5.73 Å². The van der Waals surface area contributed by atoms with Crippen molar-refractivity contribution in [1.82, 2.24) is 15.2 Å². The van der Waals surface area contributed by atoms with Gasteiger partial charge in [0.2, 0.25) is 5.91 Å². The molecule has 1 saturated heterocycles. The maximum absolute atomic E-state index is 13.0. The lowest BCUT2D eigenvalue weighted by atomic mass is 10.0. The maximum Gasteiger partial charge on any atom is 0.264 e. The number of nitrogens with two attached hydrogens (primary N) is 1. The minimum atomic E-state index is -0.535. The van der Waals surface area contributed by atoms with Gasteiger partial charge in [0.05, 0.1) is 10.2 Å². The van der Waals surface area contributed by atoms with Gasteiger partial charge in [-0.05, 0) is 30.7 Å². The van der Waals surface area contributed by atoms with Gasteiger partial charge in [0.25, 0.3) is 5.91 Å². The zero-order valence-corrected chi connectivity index (χ0v) is 19.0. The smallest absolute Gasteiger partial charge is 0.264 e. The molecule has 1 aromatic carbocycles. The van der Waals surface area contributed by atoms with Crippen LogP contribution < -0.4 is 15.8 Å². The Kier molecular flexibility index (Phi) is 5.75. The number of halogens is 1. The monoisotopic (exact) mass is 470 g/mol. The third kappa shape index (κ3) is 4.05.